The lowest BCUT2D eigenvalue weighted by Gasteiger charge is -2.11. The van der Waals surface area contributed by atoms with Gasteiger partial charge in [-0.1, -0.05) is 54.2 Å². The van der Waals surface area contributed by atoms with Crippen molar-refractivity contribution >= 4 is 39.8 Å². The van der Waals surface area contributed by atoms with Gasteiger partial charge in [0.25, 0.3) is 5.69 Å². The molecule has 9 nitrogen and oxygen atoms in total. The lowest BCUT2D eigenvalue weighted by molar-refractivity contribution is -0.384. The zero-order chi connectivity index (χ0) is 23.4. The van der Waals surface area contributed by atoms with E-state index in [2.05, 4.69) is 20.5 Å². The fourth-order valence-corrected chi connectivity index (χ4v) is 4.76. The van der Waals surface area contributed by atoms with Crippen LogP contribution in [0.15, 0.2) is 65.1 Å². The van der Waals surface area contributed by atoms with E-state index >= 15 is 0 Å². The van der Waals surface area contributed by atoms with Gasteiger partial charge in [0.05, 0.1) is 15.9 Å². The van der Waals surface area contributed by atoms with Crippen LogP contribution in [0.2, 0.25) is 0 Å². The number of benzene rings is 2. The van der Waals surface area contributed by atoms with Gasteiger partial charge in [-0.05, 0) is 13.8 Å². The Morgan fingerprint density at radius 1 is 1.18 bits per heavy atom. The summed E-state index contributed by atoms with van der Waals surface area (Å²) in [6, 6.07) is 16.0. The van der Waals surface area contributed by atoms with Gasteiger partial charge in [-0.3, -0.25) is 14.9 Å². The van der Waals surface area contributed by atoms with Gasteiger partial charge in [-0.25, -0.2) is 4.98 Å². The van der Waals surface area contributed by atoms with E-state index in [4.69, 9.17) is 0 Å². The number of thiazole rings is 1. The maximum atomic E-state index is 12.8. The van der Waals surface area contributed by atoms with Crippen LogP contribution in [0.25, 0.3) is 22.6 Å². The minimum atomic E-state index is -0.449. The first kappa shape index (κ1) is 22.6. The summed E-state index contributed by atoms with van der Waals surface area (Å²) in [5.74, 6) is 0.543. The van der Waals surface area contributed by atoms with Gasteiger partial charge < -0.3 is 9.88 Å². The number of nitro benzene ring substituents is 1. The molecule has 168 valence electrons. The summed E-state index contributed by atoms with van der Waals surface area (Å²) in [4.78, 5) is 27.7. The highest BCUT2D eigenvalue weighted by Gasteiger charge is 2.21. The van der Waals surface area contributed by atoms with Crippen LogP contribution >= 0.6 is 23.1 Å². The van der Waals surface area contributed by atoms with E-state index in [0.717, 1.165) is 11.4 Å². The predicted molar refractivity (Wildman–Crippen MR) is 129 cm³/mol. The number of amides is 1. The van der Waals surface area contributed by atoms with Crippen molar-refractivity contribution in [3.63, 3.8) is 0 Å². The number of hydrogen-bond donors (Lipinski definition) is 1. The van der Waals surface area contributed by atoms with Crippen LogP contribution in [0.5, 0.6) is 0 Å². The number of carbonyl (C=O) groups excluding carboxylic acids is 1. The molecule has 1 N–H and O–H groups in total. The monoisotopic (exact) mass is 480 g/mol. The molecule has 2 heterocycles. The molecule has 0 aliphatic carbocycles. The van der Waals surface area contributed by atoms with Crippen LogP contribution in [-0.4, -0.2) is 35.8 Å². The zero-order valence-corrected chi connectivity index (χ0v) is 19.5. The quantitative estimate of drug-likeness (QED) is 0.211. The molecule has 0 bridgehead atoms. The van der Waals surface area contributed by atoms with Crippen molar-refractivity contribution in [2.75, 3.05) is 5.32 Å². The largest absolute Gasteiger partial charge is 0.302 e. The average Bonchev–Trinajstić information content (AvgIpc) is 3.46. The summed E-state index contributed by atoms with van der Waals surface area (Å²) in [6.07, 6.45) is 0. The Labute approximate surface area is 198 Å². The van der Waals surface area contributed by atoms with Crippen molar-refractivity contribution in [3.05, 3.63) is 70.1 Å². The number of non-ortho nitro benzene ring substituents is 1. The Bertz CT molecular complexity index is 1290. The number of nitrogens with one attached hydrogen (secondary N) is 1. The Morgan fingerprint density at radius 2 is 1.94 bits per heavy atom. The lowest BCUT2D eigenvalue weighted by Crippen LogP contribution is -2.22. The molecular weight excluding hydrogens is 460 g/mol. The van der Waals surface area contributed by atoms with Gasteiger partial charge in [-0.15, -0.1) is 21.5 Å². The number of carbonyl (C=O) groups is 1. The molecule has 1 amide bonds. The van der Waals surface area contributed by atoms with Crippen LogP contribution in [0.4, 0.5) is 10.8 Å². The molecule has 2 aromatic heterocycles. The molecule has 0 spiro atoms. The van der Waals surface area contributed by atoms with Gasteiger partial charge in [0.15, 0.2) is 16.1 Å². The molecule has 11 heteroatoms. The van der Waals surface area contributed by atoms with E-state index in [9.17, 15) is 14.9 Å². The molecule has 0 saturated heterocycles. The van der Waals surface area contributed by atoms with Gasteiger partial charge in [0.2, 0.25) is 5.91 Å². The third-order valence-electron chi connectivity index (χ3n) is 4.80. The minimum Gasteiger partial charge on any atom is -0.302 e. The molecule has 0 aliphatic rings. The highest BCUT2D eigenvalue weighted by Crippen LogP contribution is 2.30. The maximum Gasteiger partial charge on any atom is 0.270 e. The zero-order valence-electron chi connectivity index (χ0n) is 17.8. The smallest absolute Gasteiger partial charge is 0.270 e. The van der Waals surface area contributed by atoms with Crippen molar-refractivity contribution in [3.8, 4) is 22.6 Å². The second-order valence-corrected chi connectivity index (χ2v) is 9.18. The highest BCUT2D eigenvalue weighted by molar-refractivity contribution is 8.00. The molecule has 2 aromatic carbocycles. The normalized spacial score (nSPS) is 11.8. The molecule has 0 saturated carbocycles. The summed E-state index contributed by atoms with van der Waals surface area (Å²) in [6.45, 7) is 4.48. The first-order valence-electron chi connectivity index (χ1n) is 10.1. The first-order chi connectivity index (χ1) is 16.0. The van der Waals surface area contributed by atoms with Crippen LogP contribution < -0.4 is 5.32 Å². The van der Waals surface area contributed by atoms with Gasteiger partial charge in [-0.2, -0.15) is 0 Å². The summed E-state index contributed by atoms with van der Waals surface area (Å²) in [5, 5.41) is 24.8. The fourth-order valence-electron chi connectivity index (χ4n) is 3.12. The molecule has 1 unspecified atom stereocenters. The number of hydrogen-bond acceptors (Lipinski definition) is 8. The third-order valence-corrected chi connectivity index (χ3v) is 6.64. The minimum absolute atomic E-state index is 0.00832. The third kappa shape index (κ3) is 5.10. The highest BCUT2D eigenvalue weighted by atomic mass is 32.2. The fraction of sp³-hybridized carbons (Fsp3) is 0.182. The molecule has 0 aliphatic heterocycles. The molecule has 0 fully saturated rings. The van der Waals surface area contributed by atoms with Gasteiger partial charge >= 0.3 is 0 Å². The molecule has 1 atom stereocenters. The van der Waals surface area contributed by atoms with E-state index in [1.807, 2.05) is 41.8 Å². The van der Waals surface area contributed by atoms with Crippen molar-refractivity contribution in [2.24, 2.45) is 0 Å². The number of anilines is 1. The second kappa shape index (κ2) is 9.92. The van der Waals surface area contributed by atoms with Crippen molar-refractivity contribution in [1.29, 1.82) is 0 Å². The summed E-state index contributed by atoms with van der Waals surface area (Å²) in [5.41, 5.74) is 2.14. The van der Waals surface area contributed by atoms with Gasteiger partial charge in [0.1, 0.15) is 0 Å². The average molecular weight is 481 g/mol. The standard InChI is InChI=1S/C22H20N6O3S2/c1-3-27-19(15-8-5-4-6-9-15)25-26-22(27)33-14(2)20(29)24-21-23-18(13-32-21)16-10-7-11-17(12-16)28(30)31/h4-14H,3H2,1-2H3,(H,23,24,29). The van der Waals surface area contributed by atoms with Crippen molar-refractivity contribution in [2.45, 2.75) is 30.8 Å². The number of aromatic nitrogens is 4. The molecule has 4 aromatic rings. The van der Waals surface area contributed by atoms with E-state index < -0.39 is 10.2 Å². The predicted octanol–water partition coefficient (Wildman–Crippen LogP) is 5.12. The summed E-state index contributed by atoms with van der Waals surface area (Å²) >= 11 is 2.59. The van der Waals surface area contributed by atoms with Crippen molar-refractivity contribution in [1.82, 2.24) is 19.7 Å². The second-order valence-electron chi connectivity index (χ2n) is 7.01. The van der Waals surface area contributed by atoms with Gasteiger partial charge in [0, 0.05) is 35.2 Å². The number of rotatable bonds is 8. The Morgan fingerprint density at radius 3 is 2.67 bits per heavy atom. The topological polar surface area (TPSA) is 116 Å². The number of nitro groups is 1. The van der Waals surface area contributed by atoms with Crippen LogP contribution in [0, 0.1) is 10.1 Å². The SMILES string of the molecule is CCn1c(SC(C)C(=O)Nc2nc(-c3cccc([N+](=O)[O-])c3)cs2)nnc1-c1ccccc1. The Kier molecular flexibility index (Phi) is 6.80. The molecular formula is C22H20N6O3S2. The summed E-state index contributed by atoms with van der Waals surface area (Å²) in [7, 11) is 0. The van der Waals surface area contributed by atoms with Crippen LogP contribution in [0.3, 0.4) is 0 Å². The first-order valence-corrected chi connectivity index (χ1v) is 11.9. The summed E-state index contributed by atoms with van der Waals surface area (Å²) < 4.78 is 1.98. The van der Waals surface area contributed by atoms with E-state index in [1.165, 1.54) is 35.2 Å². The van der Waals surface area contributed by atoms with Crippen molar-refractivity contribution < 1.29 is 9.72 Å². The number of nitrogens with zero attached hydrogens (tertiary/aromatic N) is 5. The lowest BCUT2D eigenvalue weighted by atomic mass is 10.1. The van der Waals surface area contributed by atoms with Crippen LogP contribution in [0.1, 0.15) is 13.8 Å². The van der Waals surface area contributed by atoms with Crippen LogP contribution in [-0.2, 0) is 11.3 Å². The molecule has 0 radical (unpaired) electrons. The number of thioether (sulfide) groups is 1. The Hall–Kier alpha value is -3.57. The maximum absolute atomic E-state index is 12.8. The van der Waals surface area contributed by atoms with E-state index in [1.54, 1.807) is 24.4 Å². The van der Waals surface area contributed by atoms with E-state index in [0.29, 0.717) is 28.1 Å². The molecule has 33 heavy (non-hydrogen) atoms. The Balaban J connectivity index is 1.45. The molecule has 4 rings (SSSR count). The van der Waals surface area contributed by atoms with E-state index in [-0.39, 0.29) is 11.6 Å².